The van der Waals surface area contributed by atoms with Crippen molar-refractivity contribution in [2.24, 2.45) is 0 Å². The molecule has 4 aromatic rings. The zero-order chi connectivity index (χ0) is 17.2. The number of ether oxygens (including phenoxy) is 2. The molecule has 0 saturated carbocycles. The summed E-state index contributed by atoms with van der Waals surface area (Å²) in [5.41, 5.74) is 0. The minimum Gasteiger partial charge on any atom is -0.457 e. The molecule has 4 aromatic carbocycles. The Morgan fingerprint density at radius 3 is 1.44 bits per heavy atom. The lowest BCUT2D eigenvalue weighted by atomic mass is 10.1. The fourth-order valence-corrected chi connectivity index (χ4v) is 3.49. The van der Waals surface area contributed by atoms with E-state index in [9.17, 15) is 0 Å². The molecule has 2 nitrogen and oxygen atoms in total. The third kappa shape index (κ3) is 3.80. The fourth-order valence-electron chi connectivity index (χ4n) is 2.74. The van der Waals surface area contributed by atoms with Gasteiger partial charge in [-0.15, -0.1) is 0 Å². The van der Waals surface area contributed by atoms with Gasteiger partial charge in [0.15, 0.2) is 0 Å². The second-order valence-corrected chi connectivity index (χ2v) is 7.54. The van der Waals surface area contributed by atoms with Gasteiger partial charge >= 0.3 is 0 Å². The van der Waals surface area contributed by atoms with E-state index in [0.717, 1.165) is 31.2 Å². The van der Waals surface area contributed by atoms with Gasteiger partial charge in [0.1, 0.15) is 11.5 Å². The van der Waals surface area contributed by atoms with Gasteiger partial charge in [-0.1, -0.05) is 56.1 Å². The minimum absolute atomic E-state index is 0.166. The van der Waals surface area contributed by atoms with Crippen LogP contribution >= 0.6 is 31.9 Å². The highest BCUT2D eigenvalue weighted by molar-refractivity contribution is 9.10. The third-order valence-corrected chi connectivity index (χ3v) is 4.99. The Kier molecular flexibility index (Phi) is 4.64. The predicted octanol–water partition coefficient (Wildman–Crippen LogP) is 6.93. The van der Waals surface area contributed by atoms with E-state index in [1.54, 1.807) is 0 Å². The molecule has 4 rings (SSSR count). The normalized spacial score (nSPS) is 11.0. The average molecular weight is 458 g/mol. The lowest BCUT2D eigenvalue weighted by Crippen LogP contribution is -2.05. The molecule has 0 aromatic heterocycles. The lowest BCUT2D eigenvalue weighted by Gasteiger charge is -2.10. The Labute approximate surface area is 162 Å². The molecule has 4 heteroatoms. The van der Waals surface area contributed by atoms with Crippen molar-refractivity contribution >= 4 is 53.4 Å². The Hall–Kier alpha value is -2.04. The van der Waals surface area contributed by atoms with Crippen LogP contribution in [0.5, 0.6) is 11.5 Å². The summed E-state index contributed by atoms with van der Waals surface area (Å²) in [7, 11) is 0. The fraction of sp³-hybridized carbons (Fsp3) is 0.0476. The number of hydrogen-bond acceptors (Lipinski definition) is 2. The largest absolute Gasteiger partial charge is 0.457 e. The monoisotopic (exact) mass is 456 g/mol. The second-order valence-electron chi connectivity index (χ2n) is 5.71. The van der Waals surface area contributed by atoms with Gasteiger partial charge < -0.3 is 9.47 Å². The van der Waals surface area contributed by atoms with Crippen molar-refractivity contribution in [3.05, 3.63) is 81.7 Å². The molecule has 0 fully saturated rings. The first-order chi connectivity index (χ1) is 12.2. The van der Waals surface area contributed by atoms with Crippen LogP contribution in [-0.2, 0) is 0 Å². The molecule has 0 spiro atoms. The van der Waals surface area contributed by atoms with E-state index in [1.165, 1.54) is 10.8 Å². The van der Waals surface area contributed by atoms with Gasteiger partial charge in [-0.3, -0.25) is 0 Å². The number of rotatable bonds is 4. The molecule has 0 unspecified atom stereocenters. The van der Waals surface area contributed by atoms with E-state index in [1.807, 2.05) is 48.5 Å². The van der Waals surface area contributed by atoms with Crippen LogP contribution in [0, 0.1) is 0 Å². The average Bonchev–Trinajstić information content (AvgIpc) is 2.61. The first-order valence-electron chi connectivity index (χ1n) is 7.82. The number of benzene rings is 4. The van der Waals surface area contributed by atoms with E-state index in [2.05, 4.69) is 56.1 Å². The molecule has 124 valence electrons. The Morgan fingerprint density at radius 1 is 0.520 bits per heavy atom. The summed E-state index contributed by atoms with van der Waals surface area (Å²) < 4.78 is 13.6. The van der Waals surface area contributed by atoms with Crippen LogP contribution in [0.25, 0.3) is 21.5 Å². The highest BCUT2D eigenvalue weighted by atomic mass is 79.9. The molecule has 0 aliphatic heterocycles. The van der Waals surface area contributed by atoms with Gasteiger partial charge in [-0.25, -0.2) is 0 Å². The van der Waals surface area contributed by atoms with Crippen molar-refractivity contribution in [3.63, 3.8) is 0 Å². The summed E-state index contributed by atoms with van der Waals surface area (Å²) in [5.74, 6) is 1.57. The van der Waals surface area contributed by atoms with Gasteiger partial charge in [0, 0.05) is 8.95 Å². The van der Waals surface area contributed by atoms with Crippen LogP contribution in [0.4, 0.5) is 0 Å². The van der Waals surface area contributed by atoms with Crippen LogP contribution in [0.15, 0.2) is 81.7 Å². The van der Waals surface area contributed by atoms with Gasteiger partial charge in [0.25, 0.3) is 0 Å². The van der Waals surface area contributed by atoms with Crippen LogP contribution in [0.2, 0.25) is 0 Å². The van der Waals surface area contributed by atoms with Crippen molar-refractivity contribution < 1.29 is 9.47 Å². The summed E-state index contributed by atoms with van der Waals surface area (Å²) in [6, 6.07) is 24.4. The molecule has 0 radical (unpaired) electrons. The maximum absolute atomic E-state index is 5.75. The summed E-state index contributed by atoms with van der Waals surface area (Å²) in [4.78, 5) is 0. The minimum atomic E-state index is 0.166. The number of fused-ring (bicyclic) bond motifs is 2. The number of hydrogen-bond donors (Lipinski definition) is 0. The van der Waals surface area contributed by atoms with Crippen LogP contribution in [-0.4, -0.2) is 6.79 Å². The molecule has 0 bridgehead atoms. The maximum Gasteiger partial charge on any atom is 0.230 e. The molecule has 0 heterocycles. The van der Waals surface area contributed by atoms with Crippen molar-refractivity contribution in [2.45, 2.75) is 0 Å². The highest BCUT2D eigenvalue weighted by Gasteiger charge is 2.01. The van der Waals surface area contributed by atoms with Gasteiger partial charge in [0.2, 0.25) is 6.79 Å². The standard InChI is InChI=1S/C21H14Br2O2/c22-18-5-1-14-3-7-20(11-16(14)9-18)24-13-25-21-8-4-15-2-6-19(23)10-17(15)12-21/h1-12H,13H2. The van der Waals surface area contributed by atoms with Crippen molar-refractivity contribution in [2.75, 3.05) is 6.79 Å². The molecule has 0 saturated heterocycles. The van der Waals surface area contributed by atoms with Crippen LogP contribution < -0.4 is 9.47 Å². The molecular weight excluding hydrogens is 444 g/mol. The van der Waals surface area contributed by atoms with Gasteiger partial charge in [0.05, 0.1) is 0 Å². The van der Waals surface area contributed by atoms with Crippen LogP contribution in [0.3, 0.4) is 0 Å². The predicted molar refractivity (Wildman–Crippen MR) is 109 cm³/mol. The Morgan fingerprint density at radius 2 is 0.960 bits per heavy atom. The zero-order valence-corrected chi connectivity index (χ0v) is 16.4. The summed E-state index contributed by atoms with van der Waals surface area (Å²) >= 11 is 6.99. The highest BCUT2D eigenvalue weighted by Crippen LogP contribution is 2.26. The summed E-state index contributed by atoms with van der Waals surface area (Å²) in [5, 5.41) is 4.61. The first kappa shape index (κ1) is 16.4. The molecular formula is C21H14Br2O2. The number of halogens is 2. The van der Waals surface area contributed by atoms with Crippen molar-refractivity contribution in [1.82, 2.24) is 0 Å². The Bertz CT molecular complexity index is 975. The summed E-state index contributed by atoms with van der Waals surface area (Å²) in [6.07, 6.45) is 0. The molecule has 0 atom stereocenters. The molecule has 0 aliphatic carbocycles. The van der Waals surface area contributed by atoms with E-state index in [4.69, 9.17) is 9.47 Å². The van der Waals surface area contributed by atoms with Gasteiger partial charge in [-0.05, 0) is 70.1 Å². The van der Waals surface area contributed by atoms with E-state index < -0.39 is 0 Å². The molecule has 25 heavy (non-hydrogen) atoms. The van der Waals surface area contributed by atoms with Crippen molar-refractivity contribution in [1.29, 1.82) is 0 Å². The van der Waals surface area contributed by atoms with Crippen LogP contribution in [0.1, 0.15) is 0 Å². The van der Waals surface area contributed by atoms with E-state index in [0.29, 0.717) is 0 Å². The van der Waals surface area contributed by atoms with E-state index >= 15 is 0 Å². The SMILES string of the molecule is Brc1ccc2ccc(OCOc3ccc4ccc(Br)cc4c3)cc2c1. The van der Waals surface area contributed by atoms with Gasteiger partial charge in [-0.2, -0.15) is 0 Å². The van der Waals surface area contributed by atoms with Crippen molar-refractivity contribution in [3.8, 4) is 11.5 Å². The molecule has 0 N–H and O–H groups in total. The smallest absolute Gasteiger partial charge is 0.230 e. The second kappa shape index (κ2) is 7.06. The summed E-state index contributed by atoms with van der Waals surface area (Å²) in [6.45, 7) is 0.166. The zero-order valence-electron chi connectivity index (χ0n) is 13.2. The lowest BCUT2D eigenvalue weighted by molar-refractivity contribution is 0.120. The quantitative estimate of drug-likeness (QED) is 0.309. The topological polar surface area (TPSA) is 18.5 Å². The molecule has 0 aliphatic rings. The molecule has 0 amide bonds. The third-order valence-electron chi connectivity index (χ3n) is 4.00. The first-order valence-corrected chi connectivity index (χ1v) is 9.40. The van der Waals surface area contributed by atoms with E-state index in [-0.39, 0.29) is 6.79 Å². The maximum atomic E-state index is 5.75. The Balaban J connectivity index is 1.46.